The Morgan fingerprint density at radius 2 is 2.19 bits per heavy atom. The zero-order valence-corrected chi connectivity index (χ0v) is 15.6. The minimum Gasteiger partial charge on any atom is -0.393 e. The van der Waals surface area contributed by atoms with Crippen LogP contribution in [0.15, 0.2) is 35.3 Å². The van der Waals surface area contributed by atoms with E-state index in [1.165, 1.54) is 23.5 Å². The summed E-state index contributed by atoms with van der Waals surface area (Å²) < 4.78 is 14.1. The van der Waals surface area contributed by atoms with Crippen LogP contribution in [0.5, 0.6) is 0 Å². The van der Waals surface area contributed by atoms with Gasteiger partial charge in [-0.3, -0.25) is 4.79 Å². The minimum absolute atomic E-state index is 0.0534. The minimum atomic E-state index is -0.716. The van der Waals surface area contributed by atoms with Crippen LogP contribution in [0.1, 0.15) is 12.8 Å². The zero-order chi connectivity index (χ0) is 19.4. The van der Waals surface area contributed by atoms with Gasteiger partial charge in [-0.05, 0) is 49.9 Å². The van der Waals surface area contributed by atoms with Gasteiger partial charge in [0.15, 0.2) is 0 Å². The van der Waals surface area contributed by atoms with Crippen LogP contribution in [0.3, 0.4) is 0 Å². The maximum Gasteiger partial charge on any atom is 0.266 e. The molecule has 1 aliphatic heterocycles. The van der Waals surface area contributed by atoms with Crippen LogP contribution >= 0.6 is 11.3 Å². The first-order valence-corrected chi connectivity index (χ1v) is 9.45. The molecular formula is C19H22FN5OS. The summed E-state index contributed by atoms with van der Waals surface area (Å²) in [5.41, 5.74) is 12.0. The molecular weight excluding hydrogens is 365 g/mol. The first-order valence-electron chi connectivity index (χ1n) is 8.63. The van der Waals surface area contributed by atoms with Crippen LogP contribution in [-0.2, 0) is 4.79 Å². The predicted molar refractivity (Wildman–Crippen MR) is 108 cm³/mol. The summed E-state index contributed by atoms with van der Waals surface area (Å²) in [5, 5.41) is 7.33. The first-order chi connectivity index (χ1) is 13.0. The molecule has 3 rings (SSSR count). The standard InChI is InChI=1S/C19H22FN5OS/c1-23-19(25-13-6-3-7-24-10-13)14-9-15(11-4-2-5-12(20)8-11)27-17(14)16(21)18(22)26/h2,4-5,8-9,13,24-25H,1,3,6-7,10,21H2,(H2,22,26)/b17-16+,19-14+/t13-/m0/s1. The van der Waals surface area contributed by atoms with Crippen molar-refractivity contribution in [3.05, 3.63) is 45.9 Å². The second kappa shape index (κ2) is 8.32. The van der Waals surface area contributed by atoms with Crippen LogP contribution in [0.2, 0.25) is 0 Å². The summed E-state index contributed by atoms with van der Waals surface area (Å²) in [6.45, 7) is 5.45. The number of hydrogen-bond acceptors (Lipinski definition) is 6. The van der Waals surface area contributed by atoms with E-state index in [1.807, 2.05) is 6.07 Å². The van der Waals surface area contributed by atoms with Gasteiger partial charge in [-0.2, -0.15) is 0 Å². The largest absolute Gasteiger partial charge is 0.393 e. The molecule has 0 spiro atoms. The molecule has 1 aromatic carbocycles. The summed E-state index contributed by atoms with van der Waals surface area (Å²) >= 11 is 1.27. The molecule has 0 aliphatic carbocycles. The highest BCUT2D eigenvalue weighted by Crippen LogP contribution is 2.21. The number of primary amides is 1. The smallest absolute Gasteiger partial charge is 0.266 e. The van der Waals surface area contributed by atoms with Gasteiger partial charge in [-0.1, -0.05) is 12.1 Å². The lowest BCUT2D eigenvalue weighted by Gasteiger charge is -2.24. The molecule has 142 valence electrons. The van der Waals surface area contributed by atoms with Crippen LogP contribution in [0, 0.1) is 5.82 Å². The van der Waals surface area contributed by atoms with Gasteiger partial charge in [0, 0.05) is 22.7 Å². The molecule has 0 saturated carbocycles. The number of rotatable bonds is 5. The summed E-state index contributed by atoms with van der Waals surface area (Å²) in [5.74, 6) is -0.526. The Bertz CT molecular complexity index is 978. The van der Waals surface area contributed by atoms with Crippen LogP contribution in [0.4, 0.5) is 4.39 Å². The Morgan fingerprint density at radius 1 is 1.37 bits per heavy atom. The highest BCUT2D eigenvalue weighted by Gasteiger charge is 2.16. The van der Waals surface area contributed by atoms with Crippen molar-refractivity contribution in [1.82, 2.24) is 10.6 Å². The van der Waals surface area contributed by atoms with Crippen molar-refractivity contribution in [2.75, 3.05) is 13.1 Å². The number of piperidine rings is 1. The van der Waals surface area contributed by atoms with E-state index in [0.717, 1.165) is 30.8 Å². The van der Waals surface area contributed by atoms with Crippen molar-refractivity contribution in [3.63, 3.8) is 0 Å². The third-order valence-corrected chi connectivity index (χ3v) is 5.62. The second-order valence-corrected chi connectivity index (χ2v) is 7.39. The van der Waals surface area contributed by atoms with Crippen molar-refractivity contribution >= 4 is 35.5 Å². The Kier molecular flexibility index (Phi) is 5.88. The van der Waals surface area contributed by atoms with Gasteiger partial charge >= 0.3 is 0 Å². The summed E-state index contributed by atoms with van der Waals surface area (Å²) in [4.78, 5) is 16.6. The van der Waals surface area contributed by atoms with Crippen molar-refractivity contribution in [1.29, 1.82) is 0 Å². The summed E-state index contributed by atoms with van der Waals surface area (Å²) in [7, 11) is 0. The monoisotopic (exact) mass is 387 g/mol. The summed E-state index contributed by atoms with van der Waals surface area (Å²) in [6.07, 6.45) is 2.06. The molecule has 6 N–H and O–H groups in total. The number of amides is 1. The van der Waals surface area contributed by atoms with E-state index in [4.69, 9.17) is 11.5 Å². The molecule has 0 radical (unpaired) electrons. The maximum absolute atomic E-state index is 13.6. The average Bonchev–Trinajstić information content (AvgIpc) is 3.11. The molecule has 6 nitrogen and oxygen atoms in total. The zero-order valence-electron chi connectivity index (χ0n) is 14.8. The number of nitrogens with zero attached hydrogens (tertiary/aromatic N) is 1. The summed E-state index contributed by atoms with van der Waals surface area (Å²) in [6, 6.07) is 8.26. The molecule has 2 heterocycles. The predicted octanol–water partition coefficient (Wildman–Crippen LogP) is 0.214. The number of halogens is 1. The first kappa shape index (κ1) is 19.1. The highest BCUT2D eigenvalue weighted by molar-refractivity contribution is 7.13. The Labute approximate surface area is 160 Å². The van der Waals surface area contributed by atoms with Crippen molar-refractivity contribution in [3.8, 4) is 10.4 Å². The number of aliphatic imine (C=N–C) groups is 1. The number of hydrogen-bond donors (Lipinski definition) is 4. The molecule has 1 aliphatic rings. The molecule has 0 bridgehead atoms. The fourth-order valence-electron chi connectivity index (χ4n) is 3.04. The number of thiophene rings is 1. The van der Waals surface area contributed by atoms with Gasteiger partial charge in [-0.15, -0.1) is 11.3 Å². The van der Waals surface area contributed by atoms with Crippen molar-refractivity contribution in [2.45, 2.75) is 18.9 Å². The van der Waals surface area contributed by atoms with E-state index in [-0.39, 0.29) is 17.6 Å². The van der Waals surface area contributed by atoms with E-state index in [9.17, 15) is 9.18 Å². The van der Waals surface area contributed by atoms with E-state index in [0.29, 0.717) is 21.1 Å². The number of benzene rings is 1. The van der Waals surface area contributed by atoms with Crippen molar-refractivity contribution in [2.24, 2.45) is 16.5 Å². The topological polar surface area (TPSA) is 106 Å². The maximum atomic E-state index is 13.6. The lowest BCUT2D eigenvalue weighted by Crippen LogP contribution is -2.44. The molecule has 8 heteroatoms. The molecule has 27 heavy (non-hydrogen) atoms. The Balaban J connectivity index is 2.18. The van der Waals surface area contributed by atoms with Gasteiger partial charge in [-0.25, -0.2) is 9.38 Å². The number of nitrogens with one attached hydrogen (secondary N) is 2. The second-order valence-electron chi connectivity index (χ2n) is 6.34. The Morgan fingerprint density at radius 3 is 2.81 bits per heavy atom. The van der Waals surface area contributed by atoms with E-state index >= 15 is 0 Å². The van der Waals surface area contributed by atoms with E-state index in [1.54, 1.807) is 12.1 Å². The van der Waals surface area contributed by atoms with Crippen LogP contribution < -0.4 is 31.9 Å². The van der Waals surface area contributed by atoms with Crippen molar-refractivity contribution < 1.29 is 9.18 Å². The third-order valence-electron chi connectivity index (χ3n) is 4.40. The molecule has 1 amide bonds. The Hall–Kier alpha value is -2.71. The van der Waals surface area contributed by atoms with Gasteiger partial charge in [0.05, 0.1) is 4.53 Å². The van der Waals surface area contributed by atoms with Gasteiger partial charge in [0.25, 0.3) is 5.91 Å². The molecule has 1 aromatic heterocycles. The molecule has 1 atom stereocenters. The quantitative estimate of drug-likeness (QED) is 0.551. The van der Waals surface area contributed by atoms with Crippen LogP contribution in [0.25, 0.3) is 22.0 Å². The fourth-order valence-corrected chi connectivity index (χ4v) is 4.16. The van der Waals surface area contributed by atoms with Gasteiger partial charge < -0.3 is 22.1 Å². The molecule has 0 unspecified atom stereocenters. The van der Waals surface area contributed by atoms with E-state index < -0.39 is 5.91 Å². The fraction of sp³-hybridized carbons (Fsp3) is 0.263. The van der Waals surface area contributed by atoms with Crippen LogP contribution in [-0.4, -0.2) is 31.8 Å². The molecule has 2 aromatic rings. The lowest BCUT2D eigenvalue weighted by atomic mass is 10.1. The van der Waals surface area contributed by atoms with Gasteiger partial charge in [0.1, 0.15) is 17.3 Å². The SMILES string of the molecule is C=N/C(N[C@H]1CCCNC1)=c1/cc(-c2cccc(F)c2)s/c1=C(/N)C(N)=O. The van der Waals surface area contributed by atoms with E-state index in [2.05, 4.69) is 22.3 Å². The number of carbonyl (C=O) groups excluding carboxylic acids is 1. The normalized spacial score (nSPS) is 19.2. The number of carbonyl (C=O) groups is 1. The lowest BCUT2D eigenvalue weighted by molar-refractivity contribution is -0.113. The molecule has 1 saturated heterocycles. The van der Waals surface area contributed by atoms with Gasteiger partial charge in [0.2, 0.25) is 0 Å². The molecule has 1 fully saturated rings. The average molecular weight is 387 g/mol. The third kappa shape index (κ3) is 4.35. The highest BCUT2D eigenvalue weighted by atomic mass is 32.1. The number of nitrogens with two attached hydrogens (primary N) is 2.